The van der Waals surface area contributed by atoms with E-state index in [1.165, 1.54) is 0 Å². The second-order valence-electron chi connectivity index (χ2n) is 5.49. The van der Waals surface area contributed by atoms with Crippen molar-refractivity contribution in [2.45, 2.75) is 50.3 Å². The molecule has 1 rings (SSSR count). The molecule has 0 spiro atoms. The van der Waals surface area contributed by atoms with Crippen molar-refractivity contribution >= 4 is 9.84 Å². The van der Waals surface area contributed by atoms with Crippen LogP contribution in [0.3, 0.4) is 0 Å². The van der Waals surface area contributed by atoms with Crippen molar-refractivity contribution in [3.05, 3.63) is 41.3 Å². The van der Waals surface area contributed by atoms with Crippen molar-refractivity contribution in [2.24, 2.45) is 0 Å². The number of hydrogen-bond acceptors (Lipinski definition) is 3. The Balaban J connectivity index is 3.00. The zero-order valence-corrected chi connectivity index (χ0v) is 13.1. The van der Waals surface area contributed by atoms with E-state index in [4.69, 9.17) is 5.26 Å². The van der Waals surface area contributed by atoms with Gasteiger partial charge < -0.3 is 0 Å². The first kappa shape index (κ1) is 16.5. The highest BCUT2D eigenvalue weighted by Crippen LogP contribution is 2.29. The van der Waals surface area contributed by atoms with Gasteiger partial charge >= 0.3 is 0 Å². The van der Waals surface area contributed by atoms with E-state index in [0.29, 0.717) is 0 Å². The van der Waals surface area contributed by atoms with Crippen LogP contribution >= 0.6 is 0 Å². The topological polar surface area (TPSA) is 57.9 Å². The van der Waals surface area contributed by atoms with Gasteiger partial charge in [0.05, 0.1) is 11.0 Å². The second-order valence-corrected chi connectivity index (χ2v) is 7.32. The first-order valence-corrected chi connectivity index (χ1v) is 8.30. The minimum absolute atomic E-state index is 0.0425. The Hall–Kier alpha value is -1.60. The molecule has 3 nitrogen and oxygen atoms in total. The summed E-state index contributed by atoms with van der Waals surface area (Å²) in [6, 6.07) is 8.64. The minimum Gasteiger partial charge on any atom is -0.219 e. The zero-order chi connectivity index (χ0) is 15.2. The van der Waals surface area contributed by atoms with E-state index in [9.17, 15) is 8.42 Å². The Morgan fingerprint density at radius 3 is 2.35 bits per heavy atom. The zero-order valence-electron chi connectivity index (χ0n) is 12.3. The van der Waals surface area contributed by atoms with Gasteiger partial charge in [-0.05, 0) is 29.5 Å². The van der Waals surface area contributed by atoms with E-state index >= 15 is 0 Å². The lowest BCUT2D eigenvalue weighted by molar-refractivity contribution is 0.457. The highest BCUT2D eigenvalue weighted by molar-refractivity contribution is 7.94. The lowest BCUT2D eigenvalue weighted by atomic mass is 9.80. The number of rotatable bonds is 6. The Kier molecular flexibility index (Phi) is 5.52. The highest BCUT2D eigenvalue weighted by Gasteiger charge is 2.20. The van der Waals surface area contributed by atoms with Gasteiger partial charge in [0.2, 0.25) is 9.84 Å². The van der Waals surface area contributed by atoms with Gasteiger partial charge in [0.1, 0.15) is 0 Å². The molecule has 0 unspecified atom stereocenters. The van der Waals surface area contributed by atoms with Gasteiger partial charge in [-0.3, -0.25) is 0 Å². The summed E-state index contributed by atoms with van der Waals surface area (Å²) >= 11 is 0. The number of unbranched alkanes of at least 4 members (excludes halogenated alkanes) is 1. The van der Waals surface area contributed by atoms with E-state index in [2.05, 4.69) is 20.8 Å². The molecule has 0 saturated carbocycles. The Bertz CT molecular complexity index is 605. The number of benzene rings is 1. The quantitative estimate of drug-likeness (QED) is 0.745. The molecule has 108 valence electrons. The third-order valence-electron chi connectivity index (χ3n) is 3.44. The Labute approximate surface area is 121 Å². The molecular formula is C16H21NO2S. The SMILES string of the molecule is CCCCC(C)(C)c1ccc(S(=O)(=O)/C=C/C#N)cc1. The molecule has 0 amide bonds. The predicted octanol–water partition coefficient (Wildman–Crippen LogP) is 3.97. The van der Waals surface area contributed by atoms with Gasteiger partial charge in [0.25, 0.3) is 0 Å². The van der Waals surface area contributed by atoms with Crippen LogP contribution in [-0.2, 0) is 15.3 Å². The summed E-state index contributed by atoms with van der Waals surface area (Å²) in [7, 11) is -3.50. The van der Waals surface area contributed by atoms with Crippen molar-refractivity contribution in [1.82, 2.24) is 0 Å². The molecule has 0 radical (unpaired) electrons. The molecule has 1 aromatic rings. The van der Waals surface area contributed by atoms with Crippen LogP contribution in [-0.4, -0.2) is 8.42 Å². The first-order valence-electron chi connectivity index (χ1n) is 6.75. The summed E-state index contributed by atoms with van der Waals surface area (Å²) in [5.41, 5.74) is 1.18. The first-order chi connectivity index (χ1) is 9.33. The molecule has 0 N–H and O–H groups in total. The molecule has 0 aliphatic heterocycles. The van der Waals surface area contributed by atoms with Crippen molar-refractivity contribution in [3.63, 3.8) is 0 Å². The fraction of sp³-hybridized carbons (Fsp3) is 0.438. The number of nitriles is 1. The average Bonchev–Trinajstić information content (AvgIpc) is 2.43. The molecule has 20 heavy (non-hydrogen) atoms. The maximum absolute atomic E-state index is 11.9. The standard InChI is InChI=1S/C16H21NO2S/c1-4-5-11-16(2,3)14-7-9-15(10-8-14)20(18,19)13-6-12-17/h6-10,13H,4-5,11H2,1-3H3/b13-6+. The van der Waals surface area contributed by atoms with Gasteiger partial charge in [0, 0.05) is 11.5 Å². The normalized spacial score (nSPS) is 12.5. The molecule has 0 saturated heterocycles. The lowest BCUT2D eigenvalue weighted by Gasteiger charge is -2.25. The second kappa shape index (κ2) is 6.71. The van der Waals surface area contributed by atoms with Crippen LogP contribution in [0.1, 0.15) is 45.6 Å². The number of allylic oxidation sites excluding steroid dienone is 1. The largest absolute Gasteiger partial charge is 0.219 e. The van der Waals surface area contributed by atoms with Crippen LogP contribution in [0.2, 0.25) is 0 Å². The molecule has 4 heteroatoms. The monoisotopic (exact) mass is 291 g/mol. The highest BCUT2D eigenvalue weighted by atomic mass is 32.2. The molecule has 0 fully saturated rings. The Morgan fingerprint density at radius 1 is 1.25 bits per heavy atom. The fourth-order valence-corrected chi connectivity index (χ4v) is 2.97. The third-order valence-corrected chi connectivity index (χ3v) is 4.87. The van der Waals surface area contributed by atoms with Gasteiger partial charge in [-0.25, -0.2) is 8.42 Å². The molecule has 0 atom stereocenters. The Morgan fingerprint density at radius 2 is 1.85 bits per heavy atom. The van der Waals surface area contributed by atoms with Crippen molar-refractivity contribution < 1.29 is 8.42 Å². The molecule has 0 heterocycles. The van der Waals surface area contributed by atoms with E-state index < -0.39 is 9.84 Å². The maximum Gasteiger partial charge on any atom is 0.200 e. The summed E-state index contributed by atoms with van der Waals surface area (Å²) in [6.45, 7) is 6.50. The van der Waals surface area contributed by atoms with Crippen LogP contribution in [0.4, 0.5) is 0 Å². The summed E-state index contributed by atoms with van der Waals surface area (Å²) in [6.07, 6.45) is 4.35. The number of hydrogen-bond donors (Lipinski definition) is 0. The van der Waals surface area contributed by atoms with Gasteiger partial charge in [0.15, 0.2) is 0 Å². The van der Waals surface area contributed by atoms with Crippen molar-refractivity contribution in [2.75, 3.05) is 0 Å². The summed E-state index contributed by atoms with van der Waals surface area (Å²) in [5, 5.41) is 9.34. The molecule has 0 bridgehead atoms. The van der Waals surface area contributed by atoms with Crippen LogP contribution in [0, 0.1) is 11.3 Å². The predicted molar refractivity (Wildman–Crippen MR) is 80.9 cm³/mol. The molecular weight excluding hydrogens is 270 g/mol. The maximum atomic E-state index is 11.9. The average molecular weight is 291 g/mol. The fourth-order valence-electron chi connectivity index (χ4n) is 2.06. The molecule has 0 aliphatic carbocycles. The smallest absolute Gasteiger partial charge is 0.200 e. The van der Waals surface area contributed by atoms with E-state index in [1.807, 2.05) is 12.1 Å². The number of nitrogens with zero attached hydrogens (tertiary/aromatic N) is 1. The van der Waals surface area contributed by atoms with Crippen molar-refractivity contribution in [3.8, 4) is 6.07 Å². The van der Waals surface area contributed by atoms with Crippen LogP contribution < -0.4 is 0 Å². The molecule has 0 aliphatic rings. The molecule has 1 aromatic carbocycles. The van der Waals surface area contributed by atoms with E-state index in [-0.39, 0.29) is 10.3 Å². The van der Waals surface area contributed by atoms with Crippen molar-refractivity contribution in [1.29, 1.82) is 5.26 Å². The van der Waals surface area contributed by atoms with Crippen LogP contribution in [0.5, 0.6) is 0 Å². The minimum atomic E-state index is -3.50. The van der Waals surface area contributed by atoms with Gasteiger partial charge in [-0.15, -0.1) is 0 Å². The van der Waals surface area contributed by atoms with Crippen LogP contribution in [0.25, 0.3) is 0 Å². The van der Waals surface area contributed by atoms with Gasteiger partial charge in [-0.1, -0.05) is 45.7 Å². The lowest BCUT2D eigenvalue weighted by Crippen LogP contribution is -2.16. The van der Waals surface area contributed by atoms with Crippen LogP contribution in [0.15, 0.2) is 40.6 Å². The van der Waals surface area contributed by atoms with E-state index in [1.54, 1.807) is 18.2 Å². The summed E-state index contributed by atoms with van der Waals surface area (Å²) in [5.74, 6) is 0. The third kappa shape index (κ3) is 4.21. The number of sulfone groups is 1. The van der Waals surface area contributed by atoms with E-state index in [0.717, 1.165) is 36.3 Å². The van der Waals surface area contributed by atoms with Gasteiger partial charge in [-0.2, -0.15) is 5.26 Å². The summed E-state index contributed by atoms with van der Waals surface area (Å²) in [4.78, 5) is 0.221. The molecule has 0 aromatic heterocycles. The summed E-state index contributed by atoms with van der Waals surface area (Å²) < 4.78 is 23.8.